The van der Waals surface area contributed by atoms with Crippen LogP contribution in [0.3, 0.4) is 0 Å². The summed E-state index contributed by atoms with van der Waals surface area (Å²) in [7, 11) is 1.53. The summed E-state index contributed by atoms with van der Waals surface area (Å²) < 4.78 is 19.9. The molecule has 0 spiro atoms. The molecule has 0 aliphatic heterocycles. The minimum atomic E-state index is -0.466. The molecule has 0 aliphatic carbocycles. The van der Waals surface area contributed by atoms with Gasteiger partial charge in [0.15, 0.2) is 0 Å². The average molecular weight is 271 g/mol. The average Bonchev–Trinajstić information content (AvgIpc) is 2.84. The predicted octanol–water partition coefficient (Wildman–Crippen LogP) is 3.55. The van der Waals surface area contributed by atoms with Crippen LogP contribution in [0.25, 0.3) is 16.9 Å². The molecule has 100 valence electrons. The third-order valence-corrected chi connectivity index (χ3v) is 3.01. The molecular formula is C14H10FN3O2. The fourth-order valence-electron chi connectivity index (χ4n) is 2.11. The highest BCUT2D eigenvalue weighted by Crippen LogP contribution is 2.36. The second kappa shape index (κ2) is 4.73. The molecule has 6 heteroatoms. The number of benzene rings is 1. The number of para-hydroxylation sites is 1. The number of aromatic nitrogens is 2. The van der Waals surface area contributed by atoms with Gasteiger partial charge in [-0.2, -0.15) is 0 Å². The van der Waals surface area contributed by atoms with E-state index in [1.54, 1.807) is 18.2 Å². The van der Waals surface area contributed by atoms with Gasteiger partial charge in [-0.3, -0.25) is 4.40 Å². The lowest BCUT2D eigenvalue weighted by Crippen LogP contribution is -1.88. The van der Waals surface area contributed by atoms with Crippen molar-refractivity contribution in [2.75, 3.05) is 7.11 Å². The molecule has 0 atom stereocenters. The number of hydrogen-bond acceptors (Lipinski definition) is 4. The van der Waals surface area contributed by atoms with E-state index in [0.717, 1.165) is 0 Å². The number of hydrogen-bond donors (Lipinski definition) is 0. The first kappa shape index (κ1) is 12.3. The highest BCUT2D eigenvalue weighted by atomic mass is 19.1. The molecule has 3 aromatic rings. The molecule has 0 N–H and O–H groups in total. The van der Waals surface area contributed by atoms with E-state index in [0.29, 0.717) is 22.7 Å². The predicted molar refractivity (Wildman–Crippen MR) is 72.6 cm³/mol. The molecule has 0 bridgehead atoms. The van der Waals surface area contributed by atoms with E-state index >= 15 is 0 Å². The molecule has 20 heavy (non-hydrogen) atoms. The van der Waals surface area contributed by atoms with E-state index in [2.05, 4.69) is 10.2 Å². The van der Waals surface area contributed by atoms with Gasteiger partial charge in [0.25, 0.3) is 0 Å². The van der Waals surface area contributed by atoms with Crippen molar-refractivity contribution in [2.45, 2.75) is 0 Å². The molecule has 5 nitrogen and oxygen atoms in total. The highest BCUT2D eigenvalue weighted by molar-refractivity contribution is 5.78. The van der Waals surface area contributed by atoms with Crippen molar-refractivity contribution in [3.05, 3.63) is 53.3 Å². The SMILES string of the molecule is COc1ccccc1-c1nc2ccc(F)cn2c1N=O. The van der Waals surface area contributed by atoms with Gasteiger partial charge in [-0.1, -0.05) is 12.1 Å². The summed E-state index contributed by atoms with van der Waals surface area (Å²) in [5, 5.41) is 2.98. The molecular weight excluding hydrogens is 261 g/mol. The summed E-state index contributed by atoms with van der Waals surface area (Å²) in [6.07, 6.45) is 1.18. The zero-order chi connectivity index (χ0) is 14.1. The van der Waals surface area contributed by atoms with Crippen molar-refractivity contribution in [3.63, 3.8) is 0 Å². The Labute approximate surface area is 113 Å². The lowest BCUT2D eigenvalue weighted by Gasteiger charge is -2.05. The number of imidazole rings is 1. The first-order valence-corrected chi connectivity index (χ1v) is 5.89. The van der Waals surface area contributed by atoms with E-state index in [-0.39, 0.29) is 5.82 Å². The number of nitrogens with zero attached hydrogens (tertiary/aromatic N) is 3. The van der Waals surface area contributed by atoms with Crippen LogP contribution in [0.5, 0.6) is 5.75 Å². The van der Waals surface area contributed by atoms with Crippen molar-refractivity contribution in [3.8, 4) is 17.0 Å². The third kappa shape index (κ3) is 1.82. The van der Waals surface area contributed by atoms with Gasteiger partial charge in [-0.25, -0.2) is 9.37 Å². The van der Waals surface area contributed by atoms with Crippen LogP contribution in [0.1, 0.15) is 0 Å². The van der Waals surface area contributed by atoms with Crippen LogP contribution in [0.2, 0.25) is 0 Å². The van der Waals surface area contributed by atoms with Crippen LogP contribution >= 0.6 is 0 Å². The molecule has 1 aromatic carbocycles. The molecule has 0 saturated carbocycles. The molecule has 2 aromatic heterocycles. The number of fused-ring (bicyclic) bond motifs is 1. The molecule has 0 fully saturated rings. The monoisotopic (exact) mass is 271 g/mol. The van der Waals surface area contributed by atoms with E-state index < -0.39 is 5.82 Å². The Balaban J connectivity index is 2.33. The third-order valence-electron chi connectivity index (χ3n) is 3.01. The second-order valence-corrected chi connectivity index (χ2v) is 4.15. The summed E-state index contributed by atoms with van der Waals surface area (Å²) in [6, 6.07) is 9.91. The number of methoxy groups -OCH3 is 1. The Morgan fingerprint density at radius 1 is 1.25 bits per heavy atom. The van der Waals surface area contributed by atoms with Crippen molar-refractivity contribution in [1.82, 2.24) is 9.38 Å². The standard InChI is InChI=1S/C14H10FN3O2/c1-20-11-5-3-2-4-10(11)13-14(17-19)18-8-9(15)6-7-12(18)16-13/h2-8H,1H3. The summed E-state index contributed by atoms with van der Waals surface area (Å²) in [4.78, 5) is 15.4. The van der Waals surface area contributed by atoms with Gasteiger partial charge in [0.1, 0.15) is 22.9 Å². The van der Waals surface area contributed by atoms with Gasteiger partial charge in [0.05, 0.1) is 7.11 Å². The van der Waals surface area contributed by atoms with Gasteiger partial charge in [0.2, 0.25) is 5.82 Å². The lowest BCUT2D eigenvalue weighted by molar-refractivity contribution is 0.416. The Bertz CT molecular complexity index is 798. The molecule has 0 amide bonds. The first-order chi connectivity index (χ1) is 9.74. The first-order valence-electron chi connectivity index (χ1n) is 5.89. The topological polar surface area (TPSA) is 56.0 Å². The Morgan fingerprint density at radius 2 is 2.05 bits per heavy atom. The maximum Gasteiger partial charge on any atom is 0.209 e. The molecule has 0 unspecified atom stereocenters. The minimum Gasteiger partial charge on any atom is -0.496 e. The van der Waals surface area contributed by atoms with Gasteiger partial charge in [0, 0.05) is 11.8 Å². The number of pyridine rings is 1. The van der Waals surface area contributed by atoms with Gasteiger partial charge in [-0.15, -0.1) is 4.91 Å². The Kier molecular flexibility index (Phi) is 2.90. The molecule has 0 saturated heterocycles. The maximum atomic E-state index is 13.3. The highest BCUT2D eigenvalue weighted by Gasteiger charge is 2.18. The minimum absolute atomic E-state index is 0.0454. The number of halogens is 1. The van der Waals surface area contributed by atoms with Gasteiger partial charge in [-0.05, 0) is 29.4 Å². The van der Waals surface area contributed by atoms with Crippen LogP contribution in [-0.4, -0.2) is 16.5 Å². The number of ether oxygens (including phenoxy) is 1. The number of rotatable bonds is 3. The Morgan fingerprint density at radius 3 is 2.80 bits per heavy atom. The van der Waals surface area contributed by atoms with Crippen molar-refractivity contribution in [2.24, 2.45) is 5.18 Å². The van der Waals surface area contributed by atoms with Crippen LogP contribution in [0, 0.1) is 10.7 Å². The van der Waals surface area contributed by atoms with E-state index in [4.69, 9.17) is 4.74 Å². The summed E-state index contributed by atoms with van der Waals surface area (Å²) in [5.74, 6) is 0.150. The largest absolute Gasteiger partial charge is 0.496 e. The fourth-order valence-corrected chi connectivity index (χ4v) is 2.11. The maximum absolute atomic E-state index is 13.3. The van der Waals surface area contributed by atoms with Crippen LogP contribution < -0.4 is 4.74 Å². The zero-order valence-electron chi connectivity index (χ0n) is 10.6. The van der Waals surface area contributed by atoms with Gasteiger partial charge >= 0.3 is 0 Å². The van der Waals surface area contributed by atoms with Gasteiger partial charge < -0.3 is 4.74 Å². The summed E-state index contributed by atoms with van der Waals surface area (Å²) in [5.41, 5.74) is 1.44. The molecule has 0 radical (unpaired) electrons. The van der Waals surface area contributed by atoms with Crippen molar-refractivity contribution in [1.29, 1.82) is 0 Å². The normalized spacial score (nSPS) is 10.7. The van der Waals surface area contributed by atoms with E-state index in [9.17, 15) is 9.30 Å². The van der Waals surface area contributed by atoms with Crippen LogP contribution in [0.4, 0.5) is 10.2 Å². The van der Waals surface area contributed by atoms with Crippen LogP contribution in [-0.2, 0) is 0 Å². The van der Waals surface area contributed by atoms with Crippen LogP contribution in [0.15, 0.2) is 47.8 Å². The second-order valence-electron chi connectivity index (χ2n) is 4.15. The number of nitroso groups, excluding NO2 is 1. The molecule has 2 heterocycles. The van der Waals surface area contributed by atoms with Crippen molar-refractivity contribution >= 4 is 11.5 Å². The Hall–Kier alpha value is -2.76. The van der Waals surface area contributed by atoms with E-state index in [1.807, 2.05) is 6.07 Å². The summed E-state index contributed by atoms with van der Waals surface area (Å²) >= 11 is 0. The smallest absolute Gasteiger partial charge is 0.209 e. The summed E-state index contributed by atoms with van der Waals surface area (Å²) in [6.45, 7) is 0. The quantitative estimate of drug-likeness (QED) is 0.684. The molecule has 0 aliphatic rings. The molecule has 3 rings (SSSR count). The zero-order valence-corrected chi connectivity index (χ0v) is 10.6. The van der Waals surface area contributed by atoms with Crippen molar-refractivity contribution < 1.29 is 9.13 Å². The fraction of sp³-hybridized carbons (Fsp3) is 0.0714. The lowest BCUT2D eigenvalue weighted by atomic mass is 10.1. The van der Waals surface area contributed by atoms with E-state index in [1.165, 1.54) is 29.8 Å².